The third kappa shape index (κ3) is 5.65. The first-order chi connectivity index (χ1) is 15.9. The number of nitrogens with zero attached hydrogens (tertiary/aromatic N) is 3. The topological polar surface area (TPSA) is 37.6 Å². The zero-order chi connectivity index (χ0) is 24.0. The lowest BCUT2D eigenvalue weighted by Gasteiger charge is -2.12. The van der Waals surface area contributed by atoms with E-state index in [1.807, 2.05) is 0 Å². The van der Waals surface area contributed by atoms with Gasteiger partial charge in [-0.05, 0) is 86.4 Å². The number of hydrogen-bond acceptors (Lipinski definition) is 3. The molecule has 0 aliphatic heterocycles. The Bertz CT molecular complexity index is 1050. The normalized spacial score (nSPS) is 12.3. The van der Waals surface area contributed by atoms with Crippen molar-refractivity contribution in [3.05, 3.63) is 87.7 Å². The lowest BCUT2D eigenvalue weighted by atomic mass is 10.0. The minimum atomic E-state index is 0.909. The van der Waals surface area contributed by atoms with Crippen LogP contribution in [0.2, 0.25) is 0 Å². The van der Waals surface area contributed by atoms with Crippen molar-refractivity contribution in [2.24, 2.45) is 9.98 Å². The molecule has 0 aliphatic carbocycles. The van der Waals surface area contributed by atoms with E-state index in [4.69, 9.17) is 15.0 Å². The molecule has 1 heterocycles. The van der Waals surface area contributed by atoms with E-state index in [9.17, 15) is 0 Å². The predicted molar refractivity (Wildman–Crippen MR) is 143 cm³/mol. The van der Waals surface area contributed by atoms with Gasteiger partial charge in [-0.15, -0.1) is 0 Å². The summed E-state index contributed by atoms with van der Waals surface area (Å²) in [6.07, 6.45) is 3.87. The number of aromatic nitrogens is 1. The van der Waals surface area contributed by atoms with Crippen LogP contribution in [-0.4, -0.2) is 16.4 Å². The summed E-state index contributed by atoms with van der Waals surface area (Å²) >= 11 is 0. The average molecular weight is 440 g/mol. The van der Waals surface area contributed by atoms with E-state index >= 15 is 0 Å². The molecule has 0 N–H and O–H groups in total. The van der Waals surface area contributed by atoms with Crippen LogP contribution in [0.1, 0.15) is 80.7 Å². The molecular weight excluding hydrogens is 402 g/mol. The van der Waals surface area contributed by atoms with E-state index in [0.29, 0.717) is 0 Å². The number of rotatable bonds is 8. The maximum Gasteiger partial charge on any atom is 0.0852 e. The summed E-state index contributed by atoms with van der Waals surface area (Å²) < 4.78 is 0. The van der Waals surface area contributed by atoms with E-state index in [1.165, 1.54) is 22.3 Å². The zero-order valence-corrected chi connectivity index (χ0v) is 21.3. The van der Waals surface area contributed by atoms with Crippen LogP contribution in [0, 0.1) is 6.92 Å². The van der Waals surface area contributed by atoms with Crippen molar-refractivity contribution in [3.8, 4) is 0 Å². The van der Waals surface area contributed by atoms with Crippen LogP contribution in [0.4, 0.5) is 11.4 Å². The maximum atomic E-state index is 5.07. The number of aliphatic imine (C=N–C) groups is 2. The van der Waals surface area contributed by atoms with Gasteiger partial charge in [-0.1, -0.05) is 64.1 Å². The Morgan fingerprint density at radius 3 is 1.27 bits per heavy atom. The van der Waals surface area contributed by atoms with Crippen molar-refractivity contribution >= 4 is 22.8 Å². The molecule has 3 rings (SSSR count). The largest absolute Gasteiger partial charge is 0.251 e. The maximum absolute atomic E-state index is 5.07. The van der Waals surface area contributed by atoms with Gasteiger partial charge in [0, 0.05) is 0 Å². The van der Waals surface area contributed by atoms with Crippen LogP contribution in [0.15, 0.2) is 58.5 Å². The van der Waals surface area contributed by atoms with Gasteiger partial charge in [0.15, 0.2) is 0 Å². The van der Waals surface area contributed by atoms with E-state index in [0.717, 1.165) is 65.4 Å². The quantitative estimate of drug-likeness (QED) is 0.328. The molecule has 0 unspecified atom stereocenters. The van der Waals surface area contributed by atoms with Crippen LogP contribution >= 0.6 is 0 Å². The predicted octanol–water partition coefficient (Wildman–Crippen LogP) is 7.92. The van der Waals surface area contributed by atoms with Gasteiger partial charge in [-0.2, -0.15) is 0 Å². The number of para-hydroxylation sites is 2. The van der Waals surface area contributed by atoms with E-state index in [2.05, 4.69) is 97.0 Å². The van der Waals surface area contributed by atoms with Gasteiger partial charge in [0.2, 0.25) is 0 Å². The zero-order valence-electron chi connectivity index (χ0n) is 21.3. The first-order valence-corrected chi connectivity index (χ1v) is 12.2. The molecule has 0 fully saturated rings. The molecule has 0 spiro atoms. The summed E-state index contributed by atoms with van der Waals surface area (Å²) in [5.74, 6) is 0. The van der Waals surface area contributed by atoms with E-state index in [-0.39, 0.29) is 0 Å². The van der Waals surface area contributed by atoms with Crippen molar-refractivity contribution in [3.63, 3.8) is 0 Å². The van der Waals surface area contributed by atoms with E-state index < -0.39 is 0 Å². The smallest absolute Gasteiger partial charge is 0.0852 e. The lowest BCUT2D eigenvalue weighted by molar-refractivity contribution is 1.08. The summed E-state index contributed by atoms with van der Waals surface area (Å²) in [6, 6.07) is 17.2. The fraction of sp³-hybridized carbons (Fsp3) is 0.367. The number of hydrogen-bond donors (Lipinski definition) is 0. The first kappa shape index (κ1) is 24.6. The Kier molecular flexibility index (Phi) is 8.32. The van der Waals surface area contributed by atoms with Gasteiger partial charge in [0.1, 0.15) is 0 Å². The molecule has 0 atom stereocenters. The number of benzene rings is 2. The molecule has 33 heavy (non-hydrogen) atoms. The summed E-state index contributed by atoms with van der Waals surface area (Å²) in [7, 11) is 0. The molecule has 3 aromatic rings. The Morgan fingerprint density at radius 2 is 0.970 bits per heavy atom. The molecule has 0 amide bonds. The van der Waals surface area contributed by atoms with Crippen molar-refractivity contribution in [1.29, 1.82) is 0 Å². The summed E-state index contributed by atoms with van der Waals surface area (Å²) in [5, 5.41) is 0. The molecule has 172 valence electrons. The molecule has 3 heteroatoms. The third-order valence-electron chi connectivity index (χ3n) is 6.20. The van der Waals surface area contributed by atoms with Crippen molar-refractivity contribution in [2.75, 3.05) is 0 Å². The van der Waals surface area contributed by atoms with Crippen molar-refractivity contribution in [2.45, 2.75) is 74.1 Å². The van der Waals surface area contributed by atoms with Gasteiger partial charge < -0.3 is 0 Å². The molecular formula is C30H37N3. The minimum Gasteiger partial charge on any atom is -0.251 e. The molecule has 0 saturated carbocycles. The molecule has 0 saturated heterocycles. The highest BCUT2D eigenvalue weighted by molar-refractivity contribution is 6.03. The third-order valence-corrected chi connectivity index (χ3v) is 6.20. The monoisotopic (exact) mass is 439 g/mol. The Labute approximate surface area is 199 Å². The summed E-state index contributed by atoms with van der Waals surface area (Å²) in [6.45, 7) is 15.0. The van der Waals surface area contributed by atoms with Gasteiger partial charge in [0.25, 0.3) is 0 Å². The van der Waals surface area contributed by atoms with Crippen LogP contribution < -0.4 is 0 Å². The Balaban J connectivity index is 2.07. The molecule has 1 aromatic heterocycles. The second-order valence-corrected chi connectivity index (χ2v) is 8.57. The van der Waals surface area contributed by atoms with Gasteiger partial charge in [0.05, 0.1) is 34.2 Å². The van der Waals surface area contributed by atoms with Crippen LogP contribution in [0.3, 0.4) is 0 Å². The van der Waals surface area contributed by atoms with Crippen LogP contribution in [-0.2, 0) is 25.7 Å². The highest BCUT2D eigenvalue weighted by Gasteiger charge is 2.11. The second kappa shape index (κ2) is 11.2. The lowest BCUT2D eigenvalue weighted by Crippen LogP contribution is -2.07. The van der Waals surface area contributed by atoms with Gasteiger partial charge >= 0.3 is 0 Å². The molecule has 0 bridgehead atoms. The van der Waals surface area contributed by atoms with Crippen molar-refractivity contribution < 1.29 is 0 Å². The highest BCUT2D eigenvalue weighted by Crippen LogP contribution is 2.28. The molecule has 2 aromatic carbocycles. The fourth-order valence-corrected chi connectivity index (χ4v) is 4.21. The Morgan fingerprint density at radius 1 is 0.636 bits per heavy atom. The second-order valence-electron chi connectivity index (χ2n) is 8.57. The standard InChI is InChI=1S/C30H37N3/c1-8-23-14-12-15-24(9-2)29(23)31-21(6)27-18-20(5)19-28(33-27)22(7)32-30-25(10-3)16-13-17-26(30)11-4/h12-19H,8-11H2,1-7H3. The highest BCUT2D eigenvalue weighted by atomic mass is 14.8. The van der Waals surface area contributed by atoms with Crippen LogP contribution in [0.25, 0.3) is 0 Å². The van der Waals surface area contributed by atoms with Gasteiger partial charge in [-0.25, -0.2) is 4.98 Å². The van der Waals surface area contributed by atoms with Gasteiger partial charge in [-0.3, -0.25) is 9.98 Å². The molecule has 3 nitrogen and oxygen atoms in total. The molecule has 0 radical (unpaired) electrons. The van der Waals surface area contributed by atoms with Crippen molar-refractivity contribution in [1.82, 2.24) is 4.98 Å². The molecule has 0 aliphatic rings. The number of pyridine rings is 1. The summed E-state index contributed by atoms with van der Waals surface area (Å²) in [5.41, 5.74) is 12.2. The number of aryl methyl sites for hydroxylation is 5. The van der Waals surface area contributed by atoms with E-state index in [1.54, 1.807) is 0 Å². The average Bonchev–Trinajstić information content (AvgIpc) is 2.83. The fourth-order valence-electron chi connectivity index (χ4n) is 4.21. The summed E-state index contributed by atoms with van der Waals surface area (Å²) in [4.78, 5) is 15.1. The minimum absolute atomic E-state index is 0.909. The first-order valence-electron chi connectivity index (χ1n) is 12.2. The van der Waals surface area contributed by atoms with Crippen LogP contribution in [0.5, 0.6) is 0 Å². The Hall–Kier alpha value is -3.07. The SMILES string of the molecule is CCc1cccc(CC)c1N=C(C)c1cc(C)cc(C(C)=Nc2c(CC)cccc2CC)n1.